The van der Waals surface area contributed by atoms with Crippen LogP contribution in [0.15, 0.2) is 23.8 Å². The SMILES string of the molecule is CC/C=C/C(CC)C/C(C)=C\[C@]1(CC)C[C@H](CC)[C@H](CC(=O)O)OO1. The molecule has 4 atom stereocenters. The molecule has 0 aliphatic carbocycles. The molecule has 0 saturated carbocycles. The maximum absolute atomic E-state index is 11.0. The zero-order valence-corrected chi connectivity index (χ0v) is 16.6. The van der Waals surface area contributed by atoms with Crippen molar-refractivity contribution in [2.45, 2.75) is 91.3 Å². The second-order valence-electron chi connectivity index (χ2n) is 7.31. The first kappa shape index (κ1) is 21.9. The van der Waals surface area contributed by atoms with Crippen molar-refractivity contribution in [1.29, 1.82) is 0 Å². The van der Waals surface area contributed by atoms with Crippen molar-refractivity contribution in [3.8, 4) is 0 Å². The Balaban J connectivity index is 2.84. The third-order valence-electron chi connectivity index (χ3n) is 5.23. The van der Waals surface area contributed by atoms with Gasteiger partial charge in [-0.2, -0.15) is 0 Å². The van der Waals surface area contributed by atoms with Gasteiger partial charge < -0.3 is 5.11 Å². The molecule has 144 valence electrons. The van der Waals surface area contributed by atoms with E-state index in [1.165, 1.54) is 5.57 Å². The Kier molecular flexibility index (Phi) is 9.44. The Morgan fingerprint density at radius 3 is 2.56 bits per heavy atom. The molecule has 1 heterocycles. The molecule has 4 heteroatoms. The quantitative estimate of drug-likeness (QED) is 0.405. The number of hydrogen-bond acceptors (Lipinski definition) is 3. The molecule has 1 unspecified atom stereocenters. The van der Waals surface area contributed by atoms with Gasteiger partial charge in [0.2, 0.25) is 0 Å². The average Bonchev–Trinajstić information content (AvgIpc) is 2.59. The Labute approximate surface area is 153 Å². The van der Waals surface area contributed by atoms with Crippen LogP contribution in [0.2, 0.25) is 0 Å². The van der Waals surface area contributed by atoms with Crippen molar-refractivity contribution in [2.75, 3.05) is 0 Å². The molecular weight excluding hydrogens is 316 g/mol. The van der Waals surface area contributed by atoms with E-state index in [1.807, 2.05) is 0 Å². The zero-order chi connectivity index (χ0) is 18.9. The highest BCUT2D eigenvalue weighted by Gasteiger charge is 2.41. The minimum Gasteiger partial charge on any atom is -0.481 e. The van der Waals surface area contributed by atoms with E-state index in [0.29, 0.717) is 5.92 Å². The van der Waals surface area contributed by atoms with Gasteiger partial charge in [0, 0.05) is 0 Å². The first-order valence-electron chi connectivity index (χ1n) is 9.80. The number of hydrogen-bond donors (Lipinski definition) is 1. The van der Waals surface area contributed by atoms with E-state index < -0.39 is 11.6 Å². The smallest absolute Gasteiger partial charge is 0.306 e. The summed E-state index contributed by atoms with van der Waals surface area (Å²) in [6.07, 6.45) is 12.2. The molecular formula is C21H36O4. The fourth-order valence-electron chi connectivity index (χ4n) is 3.61. The summed E-state index contributed by atoms with van der Waals surface area (Å²) in [5.41, 5.74) is 0.872. The van der Waals surface area contributed by atoms with Crippen molar-refractivity contribution >= 4 is 5.97 Å². The number of carboxylic acids is 1. The lowest BCUT2D eigenvalue weighted by molar-refractivity contribution is -0.409. The van der Waals surface area contributed by atoms with Gasteiger partial charge in [-0.25, -0.2) is 9.78 Å². The lowest BCUT2D eigenvalue weighted by atomic mass is 9.80. The summed E-state index contributed by atoms with van der Waals surface area (Å²) in [6, 6.07) is 0. The molecule has 1 aliphatic heterocycles. The topological polar surface area (TPSA) is 55.8 Å². The largest absolute Gasteiger partial charge is 0.481 e. The maximum atomic E-state index is 11.0. The number of carboxylic acid groups (broad SMARTS) is 1. The van der Waals surface area contributed by atoms with Gasteiger partial charge in [-0.3, -0.25) is 4.79 Å². The van der Waals surface area contributed by atoms with Crippen LogP contribution < -0.4 is 0 Å². The van der Waals surface area contributed by atoms with Crippen LogP contribution in [0.1, 0.15) is 79.6 Å². The fourth-order valence-corrected chi connectivity index (χ4v) is 3.61. The lowest BCUT2D eigenvalue weighted by Crippen LogP contribution is -2.44. The van der Waals surface area contributed by atoms with Crippen LogP contribution in [0.4, 0.5) is 0 Å². The third-order valence-corrected chi connectivity index (χ3v) is 5.23. The van der Waals surface area contributed by atoms with Crippen LogP contribution in [0.5, 0.6) is 0 Å². The maximum Gasteiger partial charge on any atom is 0.306 e. The molecule has 1 aliphatic rings. The monoisotopic (exact) mass is 352 g/mol. The standard InChI is InChI=1S/C21H36O4/c1-6-10-11-17(7-2)12-16(5)14-21(9-4)15-18(8-3)19(24-25-21)13-20(22)23/h10-11,14,17-19H,6-9,12-13,15H2,1-5H3,(H,22,23)/b11-10+,16-14-/t17?,18-,19-,21+/m0/s1. The highest BCUT2D eigenvalue weighted by molar-refractivity contribution is 5.67. The van der Waals surface area contributed by atoms with E-state index in [2.05, 4.69) is 52.8 Å². The Bertz CT molecular complexity index is 469. The molecule has 0 aromatic heterocycles. The summed E-state index contributed by atoms with van der Waals surface area (Å²) in [4.78, 5) is 22.4. The Hall–Kier alpha value is -1.13. The summed E-state index contributed by atoms with van der Waals surface area (Å²) < 4.78 is 0. The molecule has 0 bridgehead atoms. The summed E-state index contributed by atoms with van der Waals surface area (Å²) in [7, 11) is 0. The minimum absolute atomic E-state index is 0.000713. The van der Waals surface area contributed by atoms with Crippen molar-refractivity contribution in [3.05, 3.63) is 23.8 Å². The summed E-state index contributed by atoms with van der Waals surface area (Å²) in [5, 5.41) is 9.05. The third kappa shape index (κ3) is 6.95. The van der Waals surface area contributed by atoms with Gasteiger partial charge >= 0.3 is 5.97 Å². The molecule has 1 N–H and O–H groups in total. The van der Waals surface area contributed by atoms with Crippen LogP contribution in [0.25, 0.3) is 0 Å². The van der Waals surface area contributed by atoms with Crippen molar-refractivity contribution in [2.24, 2.45) is 11.8 Å². The minimum atomic E-state index is -0.837. The van der Waals surface area contributed by atoms with Crippen LogP contribution in [0, 0.1) is 11.8 Å². The van der Waals surface area contributed by atoms with Crippen molar-refractivity contribution in [1.82, 2.24) is 0 Å². The molecule has 0 radical (unpaired) electrons. The highest BCUT2D eigenvalue weighted by atomic mass is 17.2. The van der Waals surface area contributed by atoms with E-state index >= 15 is 0 Å². The highest BCUT2D eigenvalue weighted by Crippen LogP contribution is 2.39. The number of allylic oxidation sites excluding steroid dienone is 3. The molecule has 4 nitrogen and oxygen atoms in total. The van der Waals surface area contributed by atoms with Crippen molar-refractivity contribution in [3.63, 3.8) is 0 Å². The molecule has 1 fully saturated rings. The molecule has 1 rings (SSSR count). The summed E-state index contributed by atoms with van der Waals surface area (Å²) in [5.74, 6) is -0.0802. The van der Waals surface area contributed by atoms with Gasteiger partial charge in [-0.1, -0.05) is 57.9 Å². The predicted molar refractivity (Wildman–Crippen MR) is 101 cm³/mol. The molecule has 0 aromatic carbocycles. The lowest BCUT2D eigenvalue weighted by Gasteiger charge is -2.41. The van der Waals surface area contributed by atoms with E-state index in [9.17, 15) is 4.79 Å². The van der Waals surface area contributed by atoms with Crippen LogP contribution >= 0.6 is 0 Å². The molecule has 0 amide bonds. The first-order chi connectivity index (χ1) is 11.9. The van der Waals surface area contributed by atoms with E-state index in [-0.39, 0.29) is 18.4 Å². The second kappa shape index (κ2) is 10.8. The Morgan fingerprint density at radius 1 is 1.32 bits per heavy atom. The fraction of sp³-hybridized carbons (Fsp3) is 0.762. The van der Waals surface area contributed by atoms with E-state index in [0.717, 1.165) is 38.5 Å². The summed E-state index contributed by atoms with van der Waals surface area (Å²) in [6.45, 7) is 10.7. The van der Waals surface area contributed by atoms with Gasteiger partial charge in [-0.15, -0.1) is 0 Å². The van der Waals surface area contributed by atoms with Crippen LogP contribution in [-0.2, 0) is 14.6 Å². The molecule has 0 aromatic rings. The molecule has 25 heavy (non-hydrogen) atoms. The zero-order valence-electron chi connectivity index (χ0n) is 16.6. The van der Waals surface area contributed by atoms with Crippen LogP contribution in [-0.4, -0.2) is 22.8 Å². The Morgan fingerprint density at radius 2 is 2.04 bits per heavy atom. The van der Waals surface area contributed by atoms with Gasteiger partial charge in [-0.05, 0) is 50.9 Å². The van der Waals surface area contributed by atoms with Gasteiger partial charge in [0.05, 0.1) is 6.42 Å². The summed E-state index contributed by atoms with van der Waals surface area (Å²) >= 11 is 0. The predicted octanol–water partition coefficient (Wildman–Crippen LogP) is 5.69. The number of carbonyl (C=O) groups is 1. The second-order valence-corrected chi connectivity index (χ2v) is 7.31. The van der Waals surface area contributed by atoms with E-state index in [1.54, 1.807) is 0 Å². The van der Waals surface area contributed by atoms with Gasteiger partial charge in [0.1, 0.15) is 11.7 Å². The van der Waals surface area contributed by atoms with Crippen molar-refractivity contribution < 1.29 is 19.7 Å². The molecule has 1 saturated heterocycles. The van der Waals surface area contributed by atoms with Gasteiger partial charge in [0.15, 0.2) is 0 Å². The molecule has 0 spiro atoms. The number of rotatable bonds is 10. The average molecular weight is 353 g/mol. The van der Waals surface area contributed by atoms with Crippen LogP contribution in [0.3, 0.4) is 0 Å². The number of aliphatic carboxylic acids is 1. The normalized spacial score (nSPS) is 29.1. The first-order valence-corrected chi connectivity index (χ1v) is 9.80. The van der Waals surface area contributed by atoms with E-state index in [4.69, 9.17) is 14.9 Å². The van der Waals surface area contributed by atoms with Gasteiger partial charge in [0.25, 0.3) is 0 Å².